The summed E-state index contributed by atoms with van der Waals surface area (Å²) in [5, 5.41) is 8.53. The van der Waals surface area contributed by atoms with E-state index in [-0.39, 0.29) is 5.56 Å². The van der Waals surface area contributed by atoms with Crippen LogP contribution in [0.25, 0.3) is 0 Å². The Kier molecular flexibility index (Phi) is 2.76. The van der Waals surface area contributed by atoms with Crippen molar-refractivity contribution in [2.24, 2.45) is 7.05 Å². The van der Waals surface area contributed by atoms with Gasteiger partial charge in [0.25, 0.3) is 5.56 Å². The lowest BCUT2D eigenvalue weighted by Crippen LogP contribution is -2.31. The van der Waals surface area contributed by atoms with Crippen molar-refractivity contribution in [1.29, 1.82) is 0 Å². The molecule has 1 saturated carbocycles. The maximum absolute atomic E-state index is 12.1. The monoisotopic (exact) mass is 279 g/mol. The van der Waals surface area contributed by atoms with Gasteiger partial charge in [-0.2, -0.15) is 0 Å². The minimum absolute atomic E-state index is 0.176. The van der Waals surface area contributed by atoms with Crippen molar-refractivity contribution in [3.8, 4) is 0 Å². The number of aromatic nitrogens is 3. The summed E-state index contributed by atoms with van der Waals surface area (Å²) < 4.78 is 0.579. The predicted molar refractivity (Wildman–Crippen MR) is 65.5 cm³/mol. The van der Waals surface area contributed by atoms with Gasteiger partial charge in [0, 0.05) is 7.05 Å². The van der Waals surface area contributed by atoms with E-state index >= 15 is 0 Å². The lowest BCUT2D eigenvalue weighted by atomic mass is 10.1. The molecule has 1 aromatic heterocycles. The number of rotatable bonds is 2. The maximum Gasteiger partial charge on any atom is 0.276 e. The SMILES string of the molecule is CSc1nnc(C2(C)CC2(Cl)Cl)c(=O)n1C. The molecule has 0 aromatic carbocycles. The van der Waals surface area contributed by atoms with Gasteiger partial charge in [-0.1, -0.05) is 18.7 Å². The van der Waals surface area contributed by atoms with Crippen LogP contribution in [-0.2, 0) is 12.5 Å². The molecule has 1 aliphatic carbocycles. The highest BCUT2D eigenvalue weighted by Crippen LogP contribution is 2.63. The van der Waals surface area contributed by atoms with E-state index in [9.17, 15) is 4.79 Å². The lowest BCUT2D eigenvalue weighted by molar-refractivity contribution is 0.592. The molecular weight excluding hydrogens is 269 g/mol. The topological polar surface area (TPSA) is 47.8 Å². The van der Waals surface area contributed by atoms with Gasteiger partial charge in [-0.15, -0.1) is 33.4 Å². The van der Waals surface area contributed by atoms with E-state index in [2.05, 4.69) is 10.2 Å². The summed E-state index contributed by atoms with van der Waals surface area (Å²) in [6.07, 6.45) is 2.38. The molecule has 1 aromatic rings. The highest BCUT2D eigenvalue weighted by atomic mass is 35.5. The standard InChI is InChI=1S/C9H11Cl2N3OS/c1-8(4-9(8,10)11)5-6(15)14(2)7(16-3)13-12-5/h4H2,1-3H3. The van der Waals surface area contributed by atoms with Crippen LogP contribution in [0, 0.1) is 0 Å². The van der Waals surface area contributed by atoms with E-state index in [0.717, 1.165) is 0 Å². The Hall–Kier alpha value is -0.260. The Morgan fingerprint density at radius 3 is 2.44 bits per heavy atom. The van der Waals surface area contributed by atoms with Crippen LogP contribution in [0.4, 0.5) is 0 Å². The van der Waals surface area contributed by atoms with Gasteiger partial charge < -0.3 is 0 Å². The Morgan fingerprint density at radius 1 is 1.44 bits per heavy atom. The van der Waals surface area contributed by atoms with Crippen molar-refractivity contribution in [3.05, 3.63) is 16.0 Å². The fraction of sp³-hybridized carbons (Fsp3) is 0.667. The van der Waals surface area contributed by atoms with Crippen LogP contribution < -0.4 is 5.56 Å². The molecular formula is C9H11Cl2N3OS. The molecule has 1 aliphatic rings. The Morgan fingerprint density at radius 2 is 2.00 bits per heavy atom. The molecule has 16 heavy (non-hydrogen) atoms. The fourth-order valence-electron chi connectivity index (χ4n) is 1.63. The van der Waals surface area contributed by atoms with Gasteiger partial charge in [0.1, 0.15) is 10.0 Å². The van der Waals surface area contributed by atoms with Crippen molar-refractivity contribution in [3.63, 3.8) is 0 Å². The summed E-state index contributed by atoms with van der Waals surface area (Å²) in [4.78, 5) is 12.1. The molecule has 2 rings (SSSR count). The molecule has 0 saturated heterocycles. The van der Waals surface area contributed by atoms with Crippen molar-refractivity contribution >= 4 is 35.0 Å². The Bertz CT molecular complexity index is 502. The Balaban J connectivity index is 2.54. The summed E-state index contributed by atoms with van der Waals surface area (Å²) in [5.74, 6) is 0. The normalized spacial score (nSPS) is 26.8. The molecule has 0 radical (unpaired) electrons. The molecule has 1 heterocycles. The smallest absolute Gasteiger partial charge is 0.276 e. The largest absolute Gasteiger partial charge is 0.288 e. The first kappa shape index (κ1) is 12.2. The van der Waals surface area contributed by atoms with Gasteiger partial charge in [0.2, 0.25) is 0 Å². The number of thioether (sulfide) groups is 1. The second kappa shape index (κ2) is 3.62. The molecule has 1 unspecified atom stereocenters. The first-order chi connectivity index (χ1) is 7.33. The number of hydrogen-bond acceptors (Lipinski definition) is 4. The van der Waals surface area contributed by atoms with E-state index in [1.165, 1.54) is 16.3 Å². The van der Waals surface area contributed by atoms with Crippen LogP contribution in [0.2, 0.25) is 0 Å². The number of halogens is 2. The lowest BCUT2D eigenvalue weighted by Gasteiger charge is -2.12. The molecule has 0 spiro atoms. The minimum atomic E-state index is -0.894. The fourth-order valence-corrected chi connectivity index (χ4v) is 2.82. The molecule has 7 heteroatoms. The average Bonchev–Trinajstić information content (AvgIpc) is 2.71. The average molecular weight is 280 g/mol. The molecule has 4 nitrogen and oxygen atoms in total. The van der Waals surface area contributed by atoms with Crippen LogP contribution in [0.1, 0.15) is 19.0 Å². The van der Waals surface area contributed by atoms with Crippen LogP contribution in [0.3, 0.4) is 0 Å². The van der Waals surface area contributed by atoms with E-state index in [1.54, 1.807) is 7.05 Å². The van der Waals surface area contributed by atoms with Crippen molar-refractivity contribution in [2.45, 2.75) is 28.2 Å². The quantitative estimate of drug-likeness (QED) is 0.611. The minimum Gasteiger partial charge on any atom is -0.288 e. The van der Waals surface area contributed by atoms with E-state index < -0.39 is 9.75 Å². The number of alkyl halides is 2. The molecule has 88 valence electrons. The van der Waals surface area contributed by atoms with Crippen LogP contribution in [0.15, 0.2) is 9.95 Å². The second-order valence-corrected chi connectivity index (χ2v) is 6.37. The zero-order chi connectivity index (χ0) is 12.1. The zero-order valence-corrected chi connectivity index (χ0v) is 11.4. The maximum atomic E-state index is 12.1. The van der Waals surface area contributed by atoms with Crippen molar-refractivity contribution in [1.82, 2.24) is 14.8 Å². The number of hydrogen-bond donors (Lipinski definition) is 0. The summed E-state index contributed by atoms with van der Waals surface area (Å²) in [6.45, 7) is 1.83. The van der Waals surface area contributed by atoms with Crippen LogP contribution in [-0.4, -0.2) is 25.4 Å². The molecule has 0 aliphatic heterocycles. The number of nitrogens with zero attached hydrogens (tertiary/aromatic N) is 3. The van der Waals surface area contributed by atoms with Gasteiger partial charge in [-0.05, 0) is 12.7 Å². The van der Waals surface area contributed by atoms with Gasteiger partial charge >= 0.3 is 0 Å². The highest BCUT2D eigenvalue weighted by molar-refractivity contribution is 7.98. The van der Waals surface area contributed by atoms with Gasteiger partial charge in [0.05, 0.1) is 5.41 Å². The second-order valence-electron chi connectivity index (χ2n) is 4.11. The summed E-state index contributed by atoms with van der Waals surface area (Å²) in [5.41, 5.74) is -0.405. The van der Waals surface area contributed by atoms with Crippen molar-refractivity contribution in [2.75, 3.05) is 6.26 Å². The molecule has 0 bridgehead atoms. The van der Waals surface area contributed by atoms with E-state index in [4.69, 9.17) is 23.2 Å². The van der Waals surface area contributed by atoms with Crippen LogP contribution >= 0.6 is 35.0 Å². The predicted octanol–water partition coefficient (Wildman–Crippen LogP) is 1.73. The first-order valence-electron chi connectivity index (χ1n) is 4.69. The highest BCUT2D eigenvalue weighted by Gasteiger charge is 2.66. The van der Waals surface area contributed by atoms with Gasteiger partial charge in [-0.25, -0.2) is 0 Å². The summed E-state index contributed by atoms with van der Waals surface area (Å²) >= 11 is 13.4. The Labute approximate surface area is 107 Å². The van der Waals surface area contributed by atoms with E-state index in [0.29, 0.717) is 17.3 Å². The molecule has 1 atom stereocenters. The molecule has 0 amide bonds. The van der Waals surface area contributed by atoms with Gasteiger partial charge in [0.15, 0.2) is 5.16 Å². The zero-order valence-electron chi connectivity index (χ0n) is 9.12. The van der Waals surface area contributed by atoms with Crippen LogP contribution in [0.5, 0.6) is 0 Å². The summed E-state index contributed by atoms with van der Waals surface area (Å²) in [7, 11) is 1.67. The first-order valence-corrected chi connectivity index (χ1v) is 6.67. The van der Waals surface area contributed by atoms with E-state index in [1.807, 2.05) is 13.2 Å². The third kappa shape index (κ3) is 1.57. The van der Waals surface area contributed by atoms with Crippen molar-refractivity contribution < 1.29 is 0 Å². The molecule has 1 fully saturated rings. The van der Waals surface area contributed by atoms with Gasteiger partial charge in [-0.3, -0.25) is 9.36 Å². The third-order valence-corrected chi connectivity index (χ3v) is 4.81. The molecule has 0 N–H and O–H groups in total. The third-order valence-electron chi connectivity index (χ3n) is 2.99. The summed E-state index contributed by atoms with van der Waals surface area (Å²) in [6, 6.07) is 0.